The van der Waals surface area contributed by atoms with Crippen molar-refractivity contribution in [3.8, 4) is 0 Å². The van der Waals surface area contributed by atoms with Crippen molar-refractivity contribution in [3.05, 3.63) is 30.5 Å². The van der Waals surface area contributed by atoms with Crippen molar-refractivity contribution >= 4 is 16.8 Å². The van der Waals surface area contributed by atoms with Crippen molar-refractivity contribution in [2.24, 2.45) is 0 Å². The zero-order valence-corrected chi connectivity index (χ0v) is 10.3. The Morgan fingerprint density at radius 3 is 3.06 bits per heavy atom. The Hall–Kier alpha value is -1.88. The molecule has 2 N–H and O–H groups in total. The number of carbonyl (C=O) groups excluding carboxylic acids is 1. The fourth-order valence-electron chi connectivity index (χ4n) is 1.76. The molecule has 0 radical (unpaired) electrons. The van der Waals surface area contributed by atoms with Crippen LogP contribution in [-0.2, 0) is 11.3 Å². The Morgan fingerprint density at radius 1 is 1.50 bits per heavy atom. The largest absolute Gasteiger partial charge is 0.393 e. The van der Waals surface area contributed by atoms with Crippen molar-refractivity contribution in [1.82, 2.24) is 15.1 Å². The monoisotopic (exact) mass is 247 g/mol. The van der Waals surface area contributed by atoms with Crippen LogP contribution in [0.25, 0.3) is 10.9 Å². The van der Waals surface area contributed by atoms with Crippen molar-refractivity contribution in [1.29, 1.82) is 0 Å². The van der Waals surface area contributed by atoms with Crippen LogP contribution in [-0.4, -0.2) is 33.4 Å². The second-order valence-electron chi connectivity index (χ2n) is 4.35. The van der Waals surface area contributed by atoms with E-state index in [1.54, 1.807) is 17.8 Å². The molecule has 1 atom stereocenters. The van der Waals surface area contributed by atoms with Gasteiger partial charge in [0.15, 0.2) is 0 Å². The Balaban J connectivity index is 1.95. The number of nitrogens with zero attached hydrogens (tertiary/aromatic N) is 2. The minimum Gasteiger partial charge on any atom is -0.393 e. The van der Waals surface area contributed by atoms with Gasteiger partial charge in [-0.15, -0.1) is 0 Å². The smallest absolute Gasteiger partial charge is 0.241 e. The molecule has 0 fully saturated rings. The highest BCUT2D eigenvalue weighted by atomic mass is 16.3. The number of aliphatic hydroxyl groups is 1. The number of para-hydroxylation sites is 1. The van der Waals surface area contributed by atoms with Crippen LogP contribution in [0.2, 0.25) is 0 Å². The second-order valence-corrected chi connectivity index (χ2v) is 4.35. The lowest BCUT2D eigenvalue weighted by atomic mass is 10.2. The summed E-state index contributed by atoms with van der Waals surface area (Å²) in [4.78, 5) is 11.7. The zero-order valence-electron chi connectivity index (χ0n) is 10.3. The lowest BCUT2D eigenvalue weighted by Gasteiger charge is -2.07. The summed E-state index contributed by atoms with van der Waals surface area (Å²) in [5.41, 5.74) is 0.947. The van der Waals surface area contributed by atoms with Gasteiger partial charge < -0.3 is 10.4 Å². The highest BCUT2D eigenvalue weighted by Gasteiger charge is 2.07. The summed E-state index contributed by atoms with van der Waals surface area (Å²) < 4.78 is 1.67. The Bertz CT molecular complexity index is 534. The number of aliphatic hydroxyl groups excluding tert-OH is 1. The molecule has 0 saturated heterocycles. The highest BCUT2D eigenvalue weighted by molar-refractivity contribution is 5.81. The van der Waals surface area contributed by atoms with Gasteiger partial charge in [0.25, 0.3) is 0 Å². The number of hydrogen-bond donors (Lipinski definition) is 2. The van der Waals surface area contributed by atoms with Crippen LogP contribution in [0.15, 0.2) is 30.5 Å². The van der Waals surface area contributed by atoms with Crippen LogP contribution in [0.3, 0.4) is 0 Å². The molecule has 0 saturated carbocycles. The van der Waals surface area contributed by atoms with Crippen molar-refractivity contribution in [2.75, 3.05) is 6.54 Å². The normalized spacial score (nSPS) is 12.6. The summed E-state index contributed by atoms with van der Waals surface area (Å²) in [6.45, 7) is 2.39. The molecule has 0 aliphatic carbocycles. The van der Waals surface area contributed by atoms with E-state index in [1.807, 2.05) is 24.3 Å². The van der Waals surface area contributed by atoms with Gasteiger partial charge in [0.05, 0.1) is 17.8 Å². The van der Waals surface area contributed by atoms with E-state index in [0.717, 1.165) is 10.9 Å². The first kappa shape index (κ1) is 12.6. The third kappa shape index (κ3) is 3.07. The molecule has 1 heterocycles. The van der Waals surface area contributed by atoms with E-state index in [4.69, 9.17) is 5.11 Å². The van der Waals surface area contributed by atoms with Crippen LogP contribution in [0.4, 0.5) is 0 Å². The van der Waals surface area contributed by atoms with E-state index < -0.39 is 6.10 Å². The molecule has 1 unspecified atom stereocenters. The molecule has 96 valence electrons. The quantitative estimate of drug-likeness (QED) is 0.825. The molecule has 0 bridgehead atoms. The lowest BCUT2D eigenvalue weighted by molar-refractivity contribution is -0.121. The average Bonchev–Trinajstić information content (AvgIpc) is 2.72. The van der Waals surface area contributed by atoms with E-state index in [-0.39, 0.29) is 12.5 Å². The summed E-state index contributed by atoms with van der Waals surface area (Å²) >= 11 is 0. The van der Waals surface area contributed by atoms with Gasteiger partial charge in [-0.2, -0.15) is 5.10 Å². The van der Waals surface area contributed by atoms with E-state index in [2.05, 4.69) is 10.4 Å². The van der Waals surface area contributed by atoms with Crippen LogP contribution in [0.5, 0.6) is 0 Å². The maximum atomic E-state index is 11.7. The molecule has 1 aromatic carbocycles. The Kier molecular flexibility index (Phi) is 3.94. The maximum absolute atomic E-state index is 11.7. The summed E-state index contributed by atoms with van der Waals surface area (Å²) in [6.07, 6.45) is 1.92. The van der Waals surface area contributed by atoms with Crippen LogP contribution >= 0.6 is 0 Å². The number of fused-ring (bicyclic) bond motifs is 1. The molecular weight excluding hydrogens is 230 g/mol. The van der Waals surface area contributed by atoms with Crippen molar-refractivity contribution in [3.63, 3.8) is 0 Å². The van der Waals surface area contributed by atoms with Crippen LogP contribution in [0.1, 0.15) is 13.3 Å². The Morgan fingerprint density at radius 2 is 2.28 bits per heavy atom. The van der Waals surface area contributed by atoms with Crippen LogP contribution in [0, 0.1) is 0 Å². The first-order valence-corrected chi connectivity index (χ1v) is 6.02. The first-order chi connectivity index (χ1) is 8.66. The molecule has 2 rings (SSSR count). The van der Waals surface area contributed by atoms with E-state index in [0.29, 0.717) is 13.0 Å². The number of benzene rings is 1. The molecule has 5 nitrogen and oxygen atoms in total. The lowest BCUT2D eigenvalue weighted by Crippen LogP contribution is -2.30. The number of aromatic nitrogens is 2. The summed E-state index contributed by atoms with van der Waals surface area (Å²) in [5.74, 6) is -0.0931. The molecule has 1 amide bonds. The summed E-state index contributed by atoms with van der Waals surface area (Å²) in [5, 5.41) is 17.1. The molecule has 0 aliphatic heterocycles. The molecule has 2 aromatic rings. The summed E-state index contributed by atoms with van der Waals surface area (Å²) in [6, 6.07) is 7.76. The van der Waals surface area contributed by atoms with Crippen LogP contribution < -0.4 is 5.32 Å². The zero-order chi connectivity index (χ0) is 13.0. The first-order valence-electron chi connectivity index (χ1n) is 6.02. The SMILES string of the molecule is CC(O)CCNC(=O)Cn1ncc2ccccc21. The molecule has 0 aliphatic rings. The van der Waals surface area contributed by atoms with Gasteiger partial charge in [0, 0.05) is 11.9 Å². The number of nitrogens with one attached hydrogen (secondary N) is 1. The maximum Gasteiger partial charge on any atom is 0.241 e. The minimum absolute atomic E-state index is 0.0931. The van der Waals surface area contributed by atoms with Crippen molar-refractivity contribution in [2.45, 2.75) is 26.0 Å². The fourth-order valence-corrected chi connectivity index (χ4v) is 1.76. The van der Waals surface area contributed by atoms with E-state index in [9.17, 15) is 4.79 Å². The van der Waals surface area contributed by atoms with Gasteiger partial charge in [-0.25, -0.2) is 0 Å². The van der Waals surface area contributed by atoms with Gasteiger partial charge in [-0.3, -0.25) is 9.48 Å². The van der Waals surface area contributed by atoms with Crippen molar-refractivity contribution < 1.29 is 9.90 Å². The average molecular weight is 247 g/mol. The fraction of sp³-hybridized carbons (Fsp3) is 0.385. The van der Waals surface area contributed by atoms with Gasteiger partial charge in [-0.1, -0.05) is 18.2 Å². The predicted octanol–water partition coefficient (Wildman–Crippen LogP) is 0.923. The number of carbonyl (C=O) groups is 1. The molecule has 18 heavy (non-hydrogen) atoms. The summed E-state index contributed by atoms with van der Waals surface area (Å²) in [7, 11) is 0. The standard InChI is InChI=1S/C13H17N3O2/c1-10(17)6-7-14-13(18)9-16-12-5-3-2-4-11(12)8-15-16/h2-5,8,10,17H,6-7,9H2,1H3,(H,14,18). The van der Waals surface area contributed by atoms with Gasteiger partial charge in [0.2, 0.25) is 5.91 Å². The van der Waals surface area contributed by atoms with E-state index >= 15 is 0 Å². The highest BCUT2D eigenvalue weighted by Crippen LogP contribution is 2.11. The molecule has 0 spiro atoms. The number of rotatable bonds is 5. The van der Waals surface area contributed by atoms with E-state index in [1.165, 1.54) is 0 Å². The number of hydrogen-bond acceptors (Lipinski definition) is 3. The molecule has 5 heteroatoms. The third-order valence-electron chi connectivity index (χ3n) is 2.73. The predicted molar refractivity (Wildman–Crippen MR) is 69.0 cm³/mol. The second kappa shape index (κ2) is 5.64. The molecule has 1 aromatic heterocycles. The number of amides is 1. The molecular formula is C13H17N3O2. The Labute approximate surface area is 105 Å². The van der Waals surface area contributed by atoms with Gasteiger partial charge in [-0.05, 0) is 19.4 Å². The minimum atomic E-state index is -0.393. The topological polar surface area (TPSA) is 67.2 Å². The third-order valence-corrected chi connectivity index (χ3v) is 2.73. The van der Waals surface area contributed by atoms with Gasteiger partial charge in [0.1, 0.15) is 6.54 Å². The van der Waals surface area contributed by atoms with Gasteiger partial charge >= 0.3 is 0 Å².